The third-order valence-electron chi connectivity index (χ3n) is 8.45. The van der Waals surface area contributed by atoms with Crippen LogP contribution in [0.2, 0.25) is 5.04 Å². The molecule has 1 atom stereocenters. The summed E-state index contributed by atoms with van der Waals surface area (Å²) in [5.74, 6) is 0.409. The molecule has 218 valence electrons. The molecule has 0 N–H and O–H groups in total. The molecule has 0 aliphatic heterocycles. The molecular weight excluding hydrogens is 507 g/mol. The van der Waals surface area contributed by atoms with Gasteiger partial charge in [0.15, 0.2) is 0 Å². The highest BCUT2D eigenvalue weighted by atomic mass is 31.2. The van der Waals surface area contributed by atoms with Gasteiger partial charge < -0.3 is 4.43 Å². The fourth-order valence-electron chi connectivity index (χ4n) is 6.23. The Hall–Kier alpha value is -1.21. The van der Waals surface area contributed by atoms with Gasteiger partial charge in [-0.25, -0.2) is 0 Å². The summed E-state index contributed by atoms with van der Waals surface area (Å²) in [5.41, 5.74) is 1.70. The lowest BCUT2D eigenvalue weighted by Gasteiger charge is -2.43. The van der Waals surface area contributed by atoms with Gasteiger partial charge in [0.2, 0.25) is 0 Å². The molecular formula is C36H60OPSi+. The van der Waals surface area contributed by atoms with Crippen molar-refractivity contribution in [3.8, 4) is 0 Å². The molecule has 39 heavy (non-hydrogen) atoms. The fourth-order valence-corrected chi connectivity index (χ4v) is 16.2. The van der Waals surface area contributed by atoms with Crippen molar-refractivity contribution in [2.75, 3.05) is 31.3 Å². The van der Waals surface area contributed by atoms with Gasteiger partial charge in [-0.15, -0.1) is 0 Å². The Labute approximate surface area is 244 Å². The van der Waals surface area contributed by atoms with Crippen molar-refractivity contribution in [2.24, 2.45) is 5.92 Å². The molecule has 2 aromatic rings. The summed E-state index contributed by atoms with van der Waals surface area (Å²) >= 11 is 0. The van der Waals surface area contributed by atoms with E-state index in [1.165, 1.54) is 80.0 Å². The molecule has 0 aromatic heterocycles. The highest BCUT2D eigenvalue weighted by Gasteiger charge is 2.50. The minimum atomic E-state index is -2.50. The van der Waals surface area contributed by atoms with Crippen molar-refractivity contribution < 1.29 is 4.43 Å². The van der Waals surface area contributed by atoms with Gasteiger partial charge in [-0.3, -0.25) is 0 Å². The lowest BCUT2D eigenvalue weighted by Crippen LogP contribution is -2.66. The van der Waals surface area contributed by atoms with E-state index < -0.39 is 15.6 Å². The standard InChI is InChI=1S/C36H60OPSi/c1-9-13-26-38(27-14-10-2,28-15-11-3)31-33(12-4)29-32(5)30-37-39(36(6,7)8,34-22-18-16-19-23-34)35-24-20-17-21-25-35/h16-25,29,32H,9-15,26-28,30-31H2,1-8H3/q+1/b33-29-/t32-/m0/s1. The van der Waals surface area contributed by atoms with Crippen LogP contribution < -0.4 is 10.4 Å². The first-order chi connectivity index (χ1) is 18.7. The van der Waals surface area contributed by atoms with Crippen molar-refractivity contribution in [3.05, 3.63) is 72.3 Å². The SMILES string of the molecule is CCCC[P+](CCCC)(CCCC)C/C(=C\[C@H](C)CO[Si](c1ccccc1)(c1ccccc1)C(C)(C)C)CC. The zero-order valence-corrected chi connectivity index (χ0v) is 28.7. The number of benzene rings is 2. The average Bonchev–Trinajstić information content (AvgIpc) is 2.94. The van der Waals surface area contributed by atoms with E-state index in [9.17, 15) is 0 Å². The van der Waals surface area contributed by atoms with E-state index in [-0.39, 0.29) is 5.04 Å². The molecule has 0 saturated carbocycles. The number of unbranched alkanes of at least 4 members (excludes halogenated alkanes) is 3. The van der Waals surface area contributed by atoms with E-state index in [4.69, 9.17) is 4.43 Å². The largest absolute Gasteiger partial charge is 0.407 e. The topological polar surface area (TPSA) is 9.23 Å². The van der Waals surface area contributed by atoms with Crippen LogP contribution in [0.15, 0.2) is 72.3 Å². The lowest BCUT2D eigenvalue weighted by molar-refractivity contribution is 0.267. The van der Waals surface area contributed by atoms with Crippen molar-refractivity contribution in [2.45, 2.75) is 105 Å². The third-order valence-corrected chi connectivity index (χ3v) is 18.3. The molecule has 0 aliphatic rings. The van der Waals surface area contributed by atoms with Gasteiger partial charge in [0, 0.05) is 13.9 Å². The van der Waals surface area contributed by atoms with Gasteiger partial charge in [0.1, 0.15) is 0 Å². The molecule has 2 aromatic carbocycles. The second kappa shape index (κ2) is 16.9. The Kier molecular flexibility index (Phi) is 14.7. The molecule has 0 heterocycles. The third kappa shape index (κ3) is 9.69. The van der Waals surface area contributed by atoms with E-state index in [1.807, 2.05) is 0 Å². The van der Waals surface area contributed by atoms with Crippen LogP contribution in [-0.2, 0) is 4.43 Å². The molecule has 0 aliphatic carbocycles. The van der Waals surface area contributed by atoms with E-state index in [0.29, 0.717) is 5.92 Å². The monoisotopic (exact) mass is 567 g/mol. The summed E-state index contributed by atoms with van der Waals surface area (Å²) in [4.78, 5) is 0. The zero-order chi connectivity index (χ0) is 28.8. The molecule has 2 rings (SSSR count). The van der Waals surface area contributed by atoms with Crippen molar-refractivity contribution in [3.63, 3.8) is 0 Å². The van der Waals surface area contributed by atoms with Gasteiger partial charge in [-0.1, -0.05) is 141 Å². The highest BCUT2D eigenvalue weighted by Crippen LogP contribution is 2.62. The molecule has 3 heteroatoms. The van der Waals surface area contributed by atoms with E-state index in [1.54, 1.807) is 5.57 Å². The number of hydrogen-bond acceptors (Lipinski definition) is 1. The minimum Gasteiger partial charge on any atom is -0.407 e. The van der Waals surface area contributed by atoms with Crippen LogP contribution in [0.5, 0.6) is 0 Å². The van der Waals surface area contributed by atoms with Crippen LogP contribution in [-0.4, -0.2) is 39.6 Å². The first kappa shape index (κ1) is 34.0. The molecule has 0 unspecified atom stereocenters. The van der Waals surface area contributed by atoms with Crippen molar-refractivity contribution in [1.29, 1.82) is 0 Å². The maximum Gasteiger partial charge on any atom is 0.261 e. The van der Waals surface area contributed by atoms with Crippen LogP contribution in [0, 0.1) is 5.92 Å². The minimum absolute atomic E-state index is 0.0217. The molecule has 0 bridgehead atoms. The highest BCUT2D eigenvalue weighted by molar-refractivity contribution is 7.76. The average molecular weight is 568 g/mol. The maximum absolute atomic E-state index is 7.30. The Bertz CT molecular complexity index is 886. The predicted molar refractivity (Wildman–Crippen MR) is 182 cm³/mol. The first-order valence-electron chi connectivity index (χ1n) is 16.0. The molecule has 0 fully saturated rings. The Morgan fingerprint density at radius 3 is 1.56 bits per heavy atom. The van der Waals surface area contributed by atoms with E-state index >= 15 is 0 Å². The Morgan fingerprint density at radius 1 is 0.769 bits per heavy atom. The van der Waals surface area contributed by atoms with E-state index in [0.717, 1.165) is 6.61 Å². The number of hydrogen-bond donors (Lipinski definition) is 0. The van der Waals surface area contributed by atoms with E-state index in [2.05, 4.69) is 122 Å². The summed E-state index contributed by atoms with van der Waals surface area (Å²) in [6.45, 7) is 19.8. The summed E-state index contributed by atoms with van der Waals surface area (Å²) in [7, 11) is -3.44. The van der Waals surface area contributed by atoms with Crippen LogP contribution in [0.1, 0.15) is 100 Å². The van der Waals surface area contributed by atoms with Crippen LogP contribution in [0.25, 0.3) is 0 Å². The Morgan fingerprint density at radius 2 is 1.21 bits per heavy atom. The van der Waals surface area contributed by atoms with Gasteiger partial charge in [-0.2, -0.15) is 0 Å². The number of allylic oxidation sites excluding steroid dienone is 1. The van der Waals surface area contributed by atoms with Gasteiger partial charge >= 0.3 is 0 Å². The predicted octanol–water partition coefficient (Wildman–Crippen LogP) is 9.95. The summed E-state index contributed by atoms with van der Waals surface area (Å²) in [6, 6.07) is 22.2. The normalized spacial score (nSPS) is 14.0. The summed E-state index contributed by atoms with van der Waals surface area (Å²) in [6.07, 6.45) is 17.9. The zero-order valence-electron chi connectivity index (χ0n) is 26.8. The molecule has 0 radical (unpaired) electrons. The lowest BCUT2D eigenvalue weighted by atomic mass is 10.1. The number of rotatable bonds is 18. The fraction of sp³-hybridized carbons (Fsp3) is 0.611. The molecule has 0 spiro atoms. The van der Waals surface area contributed by atoms with Crippen molar-refractivity contribution >= 4 is 26.0 Å². The van der Waals surface area contributed by atoms with Crippen LogP contribution >= 0.6 is 7.26 Å². The maximum atomic E-state index is 7.30. The molecule has 0 saturated heterocycles. The van der Waals surface area contributed by atoms with Crippen LogP contribution in [0.3, 0.4) is 0 Å². The smallest absolute Gasteiger partial charge is 0.261 e. The van der Waals surface area contributed by atoms with Gasteiger partial charge in [0.05, 0.1) is 24.6 Å². The summed E-state index contributed by atoms with van der Waals surface area (Å²) in [5, 5.41) is 2.77. The van der Waals surface area contributed by atoms with Gasteiger partial charge in [0.25, 0.3) is 8.32 Å². The second-order valence-corrected chi connectivity index (χ2v) is 21.5. The first-order valence-corrected chi connectivity index (χ1v) is 20.4. The van der Waals surface area contributed by atoms with Gasteiger partial charge in [-0.05, 0) is 52.6 Å². The van der Waals surface area contributed by atoms with Crippen molar-refractivity contribution in [1.82, 2.24) is 0 Å². The molecule has 1 nitrogen and oxygen atoms in total. The van der Waals surface area contributed by atoms with Crippen LogP contribution in [0.4, 0.5) is 0 Å². The summed E-state index contributed by atoms with van der Waals surface area (Å²) < 4.78 is 7.30. The molecule has 0 amide bonds. The quantitative estimate of drug-likeness (QED) is 0.0989. The second-order valence-electron chi connectivity index (χ2n) is 12.9. The Balaban J connectivity index is 2.37.